The fraction of sp³-hybridized carbons (Fsp3) is 0.143. The Morgan fingerprint density at radius 3 is 2.75 bits per heavy atom. The minimum Gasteiger partial charge on any atom is -0.478 e. The summed E-state index contributed by atoms with van der Waals surface area (Å²) in [5.74, 6) is -0.889. The number of aromatic carboxylic acids is 1. The van der Waals surface area contributed by atoms with Gasteiger partial charge >= 0.3 is 5.97 Å². The van der Waals surface area contributed by atoms with E-state index in [4.69, 9.17) is 4.42 Å². The number of aryl methyl sites for hydroxylation is 1. The molecule has 1 amide bonds. The summed E-state index contributed by atoms with van der Waals surface area (Å²) in [6.45, 7) is 3.55. The second-order valence-corrected chi connectivity index (χ2v) is 5.36. The van der Waals surface area contributed by atoms with E-state index in [0.29, 0.717) is 16.3 Å². The van der Waals surface area contributed by atoms with Crippen LogP contribution in [0.5, 0.6) is 0 Å². The Morgan fingerprint density at radius 1 is 1.40 bits per heavy atom. The fourth-order valence-electron chi connectivity index (χ4n) is 1.67. The van der Waals surface area contributed by atoms with Gasteiger partial charge in [-0.15, -0.1) is 11.3 Å². The van der Waals surface area contributed by atoms with Gasteiger partial charge in [-0.25, -0.2) is 4.79 Å². The molecule has 104 valence electrons. The summed E-state index contributed by atoms with van der Waals surface area (Å²) in [5.41, 5.74) is 0.820. The molecule has 0 aliphatic carbocycles. The second-order valence-electron chi connectivity index (χ2n) is 4.13. The molecule has 0 saturated carbocycles. The number of thiophene rings is 1. The van der Waals surface area contributed by atoms with Crippen LogP contribution in [0.15, 0.2) is 28.9 Å². The quantitative estimate of drug-likeness (QED) is 0.847. The molecule has 2 heterocycles. The van der Waals surface area contributed by atoms with E-state index in [0.717, 1.165) is 4.88 Å². The predicted molar refractivity (Wildman–Crippen MR) is 77.1 cm³/mol. The Balaban J connectivity index is 2.16. The molecule has 2 rings (SSSR count). The lowest BCUT2D eigenvalue weighted by atomic mass is 10.1. The van der Waals surface area contributed by atoms with Gasteiger partial charge in [0, 0.05) is 11.0 Å². The number of hydrogen-bond acceptors (Lipinski definition) is 4. The lowest BCUT2D eigenvalue weighted by Gasteiger charge is -2.01. The number of hydrogen-bond donors (Lipinski definition) is 2. The van der Waals surface area contributed by atoms with Gasteiger partial charge < -0.3 is 14.8 Å². The third-order valence-corrected chi connectivity index (χ3v) is 3.90. The third-order valence-electron chi connectivity index (χ3n) is 2.78. The van der Waals surface area contributed by atoms with Gasteiger partial charge in [-0.1, -0.05) is 0 Å². The standard InChI is InChI=1S/C14H13NO4S/c1-8-9(2)20-13(12(8)14(17)18)15-11(16)6-5-10-4-3-7-19-10/h3-7H,1-2H3,(H,15,16)(H,17,18)/b6-5+. The first-order valence-electron chi connectivity index (χ1n) is 5.85. The maximum absolute atomic E-state index is 11.8. The van der Waals surface area contributed by atoms with Crippen LogP contribution in [0, 0.1) is 13.8 Å². The van der Waals surface area contributed by atoms with E-state index in [-0.39, 0.29) is 5.56 Å². The molecule has 20 heavy (non-hydrogen) atoms. The highest BCUT2D eigenvalue weighted by Gasteiger charge is 2.19. The number of carboxylic acids is 1. The van der Waals surface area contributed by atoms with Crippen molar-refractivity contribution in [2.75, 3.05) is 5.32 Å². The number of carboxylic acid groups (broad SMARTS) is 1. The molecule has 2 aromatic heterocycles. The highest BCUT2D eigenvalue weighted by molar-refractivity contribution is 7.16. The monoisotopic (exact) mass is 291 g/mol. The van der Waals surface area contributed by atoms with Crippen molar-refractivity contribution >= 4 is 34.3 Å². The largest absolute Gasteiger partial charge is 0.478 e. The van der Waals surface area contributed by atoms with Crippen LogP contribution < -0.4 is 5.32 Å². The van der Waals surface area contributed by atoms with Gasteiger partial charge in [-0.2, -0.15) is 0 Å². The minimum absolute atomic E-state index is 0.146. The van der Waals surface area contributed by atoms with Crippen LogP contribution in [0.2, 0.25) is 0 Å². The van der Waals surface area contributed by atoms with Gasteiger partial charge in [-0.05, 0) is 37.6 Å². The van der Waals surface area contributed by atoms with Crippen LogP contribution in [0.25, 0.3) is 6.08 Å². The van der Waals surface area contributed by atoms with Gasteiger partial charge in [0.15, 0.2) is 0 Å². The summed E-state index contributed by atoms with van der Waals surface area (Å²) in [4.78, 5) is 23.8. The smallest absolute Gasteiger partial charge is 0.338 e. The van der Waals surface area contributed by atoms with E-state index in [9.17, 15) is 14.7 Å². The highest BCUT2D eigenvalue weighted by atomic mass is 32.1. The molecule has 0 aromatic carbocycles. The highest BCUT2D eigenvalue weighted by Crippen LogP contribution is 2.32. The maximum Gasteiger partial charge on any atom is 0.338 e. The van der Waals surface area contributed by atoms with Crippen molar-refractivity contribution in [1.29, 1.82) is 0 Å². The molecule has 0 radical (unpaired) electrons. The zero-order valence-corrected chi connectivity index (χ0v) is 11.8. The summed E-state index contributed by atoms with van der Waals surface area (Å²) < 4.78 is 5.06. The summed E-state index contributed by atoms with van der Waals surface area (Å²) >= 11 is 1.25. The van der Waals surface area contributed by atoms with Crippen molar-refractivity contribution in [3.8, 4) is 0 Å². The molecule has 2 N–H and O–H groups in total. The molecular weight excluding hydrogens is 278 g/mol. The number of anilines is 1. The Bertz CT molecular complexity index is 668. The molecular formula is C14H13NO4S. The lowest BCUT2D eigenvalue weighted by Crippen LogP contribution is -2.10. The van der Waals surface area contributed by atoms with Gasteiger partial charge in [0.25, 0.3) is 0 Å². The number of furan rings is 1. The SMILES string of the molecule is Cc1sc(NC(=O)/C=C/c2ccco2)c(C(=O)O)c1C. The van der Waals surface area contributed by atoms with Crippen molar-refractivity contribution in [2.45, 2.75) is 13.8 Å². The number of amides is 1. The van der Waals surface area contributed by atoms with Crippen LogP contribution in [0.1, 0.15) is 26.6 Å². The summed E-state index contributed by atoms with van der Waals surface area (Å²) in [5, 5.41) is 12.1. The Morgan fingerprint density at radius 2 is 2.15 bits per heavy atom. The van der Waals surface area contributed by atoms with Crippen LogP contribution in [0.4, 0.5) is 5.00 Å². The molecule has 0 atom stereocenters. The van der Waals surface area contributed by atoms with Gasteiger partial charge in [0.1, 0.15) is 10.8 Å². The first-order chi connectivity index (χ1) is 9.49. The molecule has 0 bridgehead atoms. The third kappa shape index (κ3) is 2.97. The topological polar surface area (TPSA) is 79.5 Å². The van der Waals surface area contributed by atoms with Crippen LogP contribution in [-0.2, 0) is 4.79 Å². The van der Waals surface area contributed by atoms with E-state index in [1.165, 1.54) is 29.8 Å². The molecule has 5 nitrogen and oxygen atoms in total. The van der Waals surface area contributed by atoms with Crippen molar-refractivity contribution < 1.29 is 19.1 Å². The average molecular weight is 291 g/mol. The summed E-state index contributed by atoms with van der Waals surface area (Å²) in [6, 6.07) is 3.43. The minimum atomic E-state index is -1.04. The average Bonchev–Trinajstić information content (AvgIpc) is 2.96. The van der Waals surface area contributed by atoms with Gasteiger partial charge in [0.2, 0.25) is 5.91 Å². The first-order valence-corrected chi connectivity index (χ1v) is 6.66. The summed E-state index contributed by atoms with van der Waals surface area (Å²) in [6.07, 6.45) is 4.32. The predicted octanol–water partition coefficient (Wildman–Crippen LogP) is 3.31. The van der Waals surface area contributed by atoms with E-state index < -0.39 is 11.9 Å². The van der Waals surface area contributed by atoms with Crippen LogP contribution in [-0.4, -0.2) is 17.0 Å². The van der Waals surface area contributed by atoms with Gasteiger partial charge in [-0.3, -0.25) is 4.79 Å². The van der Waals surface area contributed by atoms with Crippen LogP contribution in [0.3, 0.4) is 0 Å². The second kappa shape index (κ2) is 5.75. The van der Waals surface area contributed by atoms with E-state index >= 15 is 0 Å². The molecule has 0 aliphatic rings. The van der Waals surface area contributed by atoms with Crippen molar-refractivity contribution in [3.63, 3.8) is 0 Å². The molecule has 0 fully saturated rings. The Hall–Kier alpha value is -2.34. The number of carbonyl (C=O) groups excluding carboxylic acids is 1. The molecule has 0 spiro atoms. The molecule has 2 aromatic rings. The Labute approximate surface area is 119 Å². The zero-order chi connectivity index (χ0) is 14.7. The van der Waals surface area contributed by atoms with Gasteiger partial charge in [0.05, 0.1) is 11.8 Å². The maximum atomic E-state index is 11.8. The lowest BCUT2D eigenvalue weighted by molar-refractivity contribution is -0.111. The number of nitrogens with one attached hydrogen (secondary N) is 1. The van der Waals surface area contributed by atoms with E-state index in [1.807, 2.05) is 6.92 Å². The molecule has 0 unspecified atom stereocenters. The van der Waals surface area contributed by atoms with Crippen LogP contribution >= 0.6 is 11.3 Å². The normalized spacial score (nSPS) is 10.9. The molecule has 0 aliphatic heterocycles. The number of rotatable bonds is 4. The molecule has 6 heteroatoms. The van der Waals surface area contributed by atoms with Crippen molar-refractivity contribution in [1.82, 2.24) is 0 Å². The fourth-order valence-corrected chi connectivity index (χ4v) is 2.73. The summed E-state index contributed by atoms with van der Waals surface area (Å²) in [7, 11) is 0. The van der Waals surface area contributed by atoms with Crippen molar-refractivity contribution in [3.05, 3.63) is 46.2 Å². The Kier molecular flexibility index (Phi) is 4.05. The van der Waals surface area contributed by atoms with E-state index in [2.05, 4.69) is 5.32 Å². The van der Waals surface area contributed by atoms with E-state index in [1.54, 1.807) is 19.1 Å². The first kappa shape index (κ1) is 14.1. The molecule has 0 saturated heterocycles. The van der Waals surface area contributed by atoms with Crippen molar-refractivity contribution in [2.24, 2.45) is 0 Å². The zero-order valence-electron chi connectivity index (χ0n) is 11.0. The number of carbonyl (C=O) groups is 2.